The number of aliphatic imine (C=N–C) groups is 1. The van der Waals surface area contributed by atoms with Gasteiger partial charge in [-0.05, 0) is 93.3 Å². The minimum Gasteiger partial charge on any atom is -0.489 e. The van der Waals surface area contributed by atoms with Crippen molar-refractivity contribution in [3.8, 4) is 11.5 Å². The van der Waals surface area contributed by atoms with E-state index in [2.05, 4.69) is 25.7 Å². The summed E-state index contributed by atoms with van der Waals surface area (Å²) >= 11 is 1.19. The van der Waals surface area contributed by atoms with Crippen molar-refractivity contribution >= 4 is 52.0 Å². The summed E-state index contributed by atoms with van der Waals surface area (Å²) in [6.07, 6.45) is -3.61. The van der Waals surface area contributed by atoms with Gasteiger partial charge < -0.3 is 25.4 Å². The fourth-order valence-corrected chi connectivity index (χ4v) is 5.23. The van der Waals surface area contributed by atoms with Gasteiger partial charge in [-0.25, -0.2) is 9.59 Å². The van der Waals surface area contributed by atoms with E-state index in [4.69, 9.17) is 4.74 Å². The predicted octanol–water partition coefficient (Wildman–Crippen LogP) is 7.49. The lowest BCUT2D eigenvalue weighted by Gasteiger charge is -2.22. The fourth-order valence-electron chi connectivity index (χ4n) is 4.38. The van der Waals surface area contributed by atoms with Gasteiger partial charge in [0.05, 0.1) is 17.5 Å². The number of aryl methyl sites for hydroxylation is 1. The zero-order valence-corrected chi connectivity index (χ0v) is 26.4. The van der Waals surface area contributed by atoms with Crippen molar-refractivity contribution in [2.75, 3.05) is 21.3 Å². The zero-order valence-electron chi connectivity index (χ0n) is 25.6. The molecular formula is C32H34F3N5O5S. The Labute approximate surface area is 268 Å². The van der Waals surface area contributed by atoms with E-state index in [9.17, 15) is 27.6 Å². The Kier molecular flexibility index (Phi) is 11.2. The van der Waals surface area contributed by atoms with Crippen molar-refractivity contribution in [2.24, 2.45) is 4.99 Å². The first kappa shape index (κ1) is 34.2. The maximum absolute atomic E-state index is 12.9. The van der Waals surface area contributed by atoms with Crippen LogP contribution in [0.2, 0.25) is 0 Å². The van der Waals surface area contributed by atoms with Crippen molar-refractivity contribution in [3.63, 3.8) is 0 Å². The van der Waals surface area contributed by atoms with Crippen molar-refractivity contribution in [1.29, 1.82) is 0 Å². The largest absolute Gasteiger partial charge is 0.573 e. The Balaban J connectivity index is 1.32. The number of rotatable bonds is 10. The molecule has 2 atom stereocenters. The van der Waals surface area contributed by atoms with Crippen LogP contribution in [0.15, 0.2) is 71.7 Å². The standard InChI is InChI=1S/C32H34F3N5O5S/c1-5-21(4)44-27-15-6-19(2)16-26(27)40-28(41)18-46-31(40)39-29(42)36-20(3)17-22-7-9-23(10-8-22)37-30(43)38-24-11-13-25(14-12-24)45-32(33,34)35/h6-16,20-21H,5,17-18H2,1-4H3,(H,36,42)(H2,37,38,43). The first-order valence-corrected chi connectivity index (χ1v) is 15.4. The number of nitrogens with zero attached hydrogens (tertiary/aromatic N) is 2. The highest BCUT2D eigenvalue weighted by Gasteiger charge is 2.33. The summed E-state index contributed by atoms with van der Waals surface area (Å²) in [6.45, 7) is 7.69. The Morgan fingerprint density at radius 2 is 1.63 bits per heavy atom. The molecule has 0 radical (unpaired) electrons. The van der Waals surface area contributed by atoms with Crippen LogP contribution in [0.25, 0.3) is 0 Å². The summed E-state index contributed by atoms with van der Waals surface area (Å²) in [7, 11) is 0. The Morgan fingerprint density at radius 1 is 1.00 bits per heavy atom. The average molecular weight is 658 g/mol. The monoisotopic (exact) mass is 657 g/mol. The van der Waals surface area contributed by atoms with E-state index >= 15 is 0 Å². The number of thioether (sulfide) groups is 1. The van der Waals surface area contributed by atoms with Gasteiger partial charge in [-0.1, -0.05) is 36.9 Å². The molecule has 3 N–H and O–H groups in total. The van der Waals surface area contributed by atoms with Crippen LogP contribution in [0.1, 0.15) is 38.3 Å². The van der Waals surface area contributed by atoms with Crippen LogP contribution in [0.5, 0.6) is 11.5 Å². The van der Waals surface area contributed by atoms with Gasteiger partial charge >= 0.3 is 18.4 Å². The van der Waals surface area contributed by atoms with Gasteiger partial charge in [-0.15, -0.1) is 13.2 Å². The molecule has 1 heterocycles. The van der Waals surface area contributed by atoms with Crippen LogP contribution in [0, 0.1) is 6.92 Å². The molecular weight excluding hydrogens is 623 g/mol. The van der Waals surface area contributed by atoms with Gasteiger partial charge in [0.25, 0.3) is 0 Å². The number of halogens is 3. The second kappa shape index (κ2) is 15.0. The third-order valence-corrected chi connectivity index (χ3v) is 7.61. The smallest absolute Gasteiger partial charge is 0.489 e. The number of hydrogen-bond donors (Lipinski definition) is 3. The SMILES string of the molecule is CCC(C)Oc1ccc(C)cc1N1C(=O)CSC1=NC(=O)NC(C)Cc1ccc(NC(=O)Nc2ccc(OC(F)(F)F)cc2)cc1. The van der Waals surface area contributed by atoms with Gasteiger partial charge in [0.1, 0.15) is 11.5 Å². The highest BCUT2D eigenvalue weighted by molar-refractivity contribution is 8.15. The van der Waals surface area contributed by atoms with Crippen LogP contribution in [0.4, 0.5) is 39.8 Å². The first-order valence-electron chi connectivity index (χ1n) is 14.4. The maximum atomic E-state index is 12.9. The van der Waals surface area contributed by atoms with E-state index in [0.717, 1.165) is 29.7 Å². The van der Waals surface area contributed by atoms with Crippen molar-refractivity contribution < 1.29 is 37.0 Å². The number of hydrogen-bond acceptors (Lipinski definition) is 6. The molecule has 0 aromatic heterocycles. The predicted molar refractivity (Wildman–Crippen MR) is 173 cm³/mol. The van der Waals surface area contributed by atoms with Crippen LogP contribution in [-0.4, -0.2) is 47.4 Å². The average Bonchev–Trinajstić information content (AvgIpc) is 3.34. The number of amides is 5. The summed E-state index contributed by atoms with van der Waals surface area (Å²) in [5, 5.41) is 8.29. The first-order chi connectivity index (χ1) is 21.8. The molecule has 0 saturated carbocycles. The molecule has 46 heavy (non-hydrogen) atoms. The normalized spacial score (nSPS) is 15.3. The van der Waals surface area contributed by atoms with Gasteiger partial charge in [0, 0.05) is 17.4 Å². The summed E-state index contributed by atoms with van der Waals surface area (Å²) in [5.74, 6) is 0.103. The third kappa shape index (κ3) is 9.89. The van der Waals surface area contributed by atoms with Crippen molar-refractivity contribution in [1.82, 2.24) is 5.32 Å². The Bertz CT molecular complexity index is 1580. The molecule has 0 aliphatic carbocycles. The van der Waals surface area contributed by atoms with E-state index in [0.29, 0.717) is 23.5 Å². The van der Waals surface area contributed by atoms with E-state index in [-0.39, 0.29) is 34.7 Å². The lowest BCUT2D eigenvalue weighted by molar-refractivity contribution is -0.274. The second-order valence-corrected chi connectivity index (χ2v) is 11.6. The molecule has 4 rings (SSSR count). The van der Waals surface area contributed by atoms with Gasteiger partial charge in [0.2, 0.25) is 5.91 Å². The molecule has 3 aromatic carbocycles. The van der Waals surface area contributed by atoms with Crippen molar-refractivity contribution in [3.05, 3.63) is 77.9 Å². The molecule has 1 saturated heterocycles. The number of carbonyl (C=O) groups excluding carboxylic acids is 3. The molecule has 3 aromatic rings. The molecule has 2 unspecified atom stereocenters. The summed E-state index contributed by atoms with van der Waals surface area (Å²) in [5.41, 5.74) is 3.12. The highest BCUT2D eigenvalue weighted by atomic mass is 32.2. The number of nitrogens with one attached hydrogen (secondary N) is 3. The lowest BCUT2D eigenvalue weighted by Crippen LogP contribution is -2.35. The van der Waals surface area contributed by atoms with Crippen LogP contribution in [0.3, 0.4) is 0 Å². The van der Waals surface area contributed by atoms with E-state index in [1.165, 1.54) is 28.8 Å². The minimum absolute atomic E-state index is 0.0606. The van der Waals surface area contributed by atoms with Crippen LogP contribution < -0.4 is 30.3 Å². The van der Waals surface area contributed by atoms with E-state index < -0.39 is 24.2 Å². The number of urea groups is 2. The van der Waals surface area contributed by atoms with Crippen molar-refractivity contribution in [2.45, 2.75) is 59.0 Å². The minimum atomic E-state index is -4.80. The molecule has 1 fully saturated rings. The fraction of sp³-hybridized carbons (Fsp3) is 0.312. The molecule has 5 amide bonds. The summed E-state index contributed by atoms with van der Waals surface area (Å²) < 4.78 is 46.8. The molecule has 244 valence electrons. The number of anilines is 3. The summed E-state index contributed by atoms with van der Waals surface area (Å²) in [4.78, 5) is 43.7. The van der Waals surface area contributed by atoms with E-state index in [1.54, 1.807) is 24.3 Å². The van der Waals surface area contributed by atoms with Gasteiger partial charge in [-0.2, -0.15) is 4.99 Å². The summed E-state index contributed by atoms with van der Waals surface area (Å²) in [6, 6.07) is 15.8. The number of amidine groups is 1. The molecule has 14 heteroatoms. The zero-order chi connectivity index (χ0) is 33.4. The number of benzene rings is 3. The maximum Gasteiger partial charge on any atom is 0.573 e. The third-order valence-electron chi connectivity index (χ3n) is 6.69. The molecule has 0 bridgehead atoms. The number of ether oxygens (including phenoxy) is 2. The quantitative estimate of drug-likeness (QED) is 0.208. The highest BCUT2D eigenvalue weighted by Crippen LogP contribution is 2.36. The van der Waals surface area contributed by atoms with Gasteiger partial charge in [0.15, 0.2) is 5.17 Å². The number of carbonyl (C=O) groups is 3. The Morgan fingerprint density at radius 3 is 2.24 bits per heavy atom. The lowest BCUT2D eigenvalue weighted by atomic mass is 10.1. The number of alkyl halides is 3. The molecule has 1 aliphatic heterocycles. The van der Waals surface area contributed by atoms with Gasteiger partial charge in [-0.3, -0.25) is 9.69 Å². The van der Waals surface area contributed by atoms with E-state index in [1.807, 2.05) is 45.9 Å². The second-order valence-electron chi connectivity index (χ2n) is 10.6. The van der Waals surface area contributed by atoms with Crippen LogP contribution in [-0.2, 0) is 11.2 Å². The molecule has 1 aliphatic rings. The molecule has 0 spiro atoms. The Hall–Kier alpha value is -4.72. The molecule has 10 nitrogen and oxygen atoms in total. The topological polar surface area (TPSA) is 121 Å². The van der Waals surface area contributed by atoms with Crippen LogP contribution >= 0.6 is 11.8 Å².